The first-order valence-corrected chi connectivity index (χ1v) is 24.2. The van der Waals surface area contributed by atoms with Crippen molar-refractivity contribution < 1.29 is 62.8 Å². The molecule has 4 aliphatic heterocycles. The Morgan fingerprint density at radius 2 is 1.64 bits per heavy atom. The van der Waals surface area contributed by atoms with Gasteiger partial charge in [-0.15, -0.1) is 0 Å². The molecule has 5 aliphatic rings. The van der Waals surface area contributed by atoms with Gasteiger partial charge in [0.2, 0.25) is 5.91 Å². The number of likely N-dealkylation sites (N-methyl/N-ethyl adjacent to an activating group) is 1. The first kappa shape index (κ1) is 53.4. The SMILES string of the molecule is CCC1OC(=O)C(C)C(OC2CC(C)(OC)C(O)C(C)O2)C(C)C(OC2OC(C)CC(N(C)C)C2OCCCNC(=O)C2CCOCC2)C(C)(O)CC(C)CN(C)C2(C)CC2C1(C)O. The number of nitrogens with zero attached hydrogens (tertiary/aromatic N) is 2. The maximum absolute atomic E-state index is 14.6. The summed E-state index contributed by atoms with van der Waals surface area (Å²) in [5, 5.41) is 39.3. The molecule has 18 atom stereocenters. The van der Waals surface area contributed by atoms with Gasteiger partial charge < -0.3 is 68.3 Å². The van der Waals surface area contributed by atoms with Gasteiger partial charge in [-0.25, -0.2) is 0 Å². The van der Waals surface area contributed by atoms with Crippen LogP contribution in [-0.4, -0.2) is 182 Å². The normalized spacial score (nSPS) is 45.8. The van der Waals surface area contributed by atoms with Crippen molar-refractivity contribution in [2.24, 2.45) is 29.6 Å². The Kier molecular flexibility index (Phi) is 18.2. The number of esters is 1. The predicted octanol–water partition coefficient (Wildman–Crippen LogP) is 3.89. The number of rotatable bonds is 13. The average molecular weight is 914 g/mol. The third kappa shape index (κ3) is 12.2. The van der Waals surface area contributed by atoms with Crippen molar-refractivity contribution >= 4 is 11.9 Å². The second-order valence-electron chi connectivity index (χ2n) is 21.4. The van der Waals surface area contributed by atoms with E-state index in [2.05, 4.69) is 36.0 Å². The summed E-state index contributed by atoms with van der Waals surface area (Å²) in [4.78, 5) is 31.8. The van der Waals surface area contributed by atoms with Crippen LogP contribution in [-0.2, 0) is 47.5 Å². The van der Waals surface area contributed by atoms with Crippen LogP contribution in [0.15, 0.2) is 0 Å². The van der Waals surface area contributed by atoms with Gasteiger partial charge in [0, 0.05) is 75.8 Å². The second-order valence-corrected chi connectivity index (χ2v) is 21.4. The molecule has 0 radical (unpaired) electrons. The minimum Gasteiger partial charge on any atom is -0.459 e. The van der Waals surface area contributed by atoms with E-state index in [1.54, 1.807) is 34.8 Å². The van der Waals surface area contributed by atoms with Crippen molar-refractivity contribution in [3.05, 3.63) is 0 Å². The number of aliphatic hydroxyl groups is 3. The quantitative estimate of drug-likeness (QED) is 0.154. The molecule has 0 aromatic carbocycles. The fraction of sp³-hybridized carbons (Fsp3) is 0.958. The summed E-state index contributed by atoms with van der Waals surface area (Å²) in [6, 6.07) is -0.108. The molecule has 16 heteroatoms. The van der Waals surface area contributed by atoms with Crippen LogP contribution < -0.4 is 5.32 Å². The van der Waals surface area contributed by atoms with Crippen molar-refractivity contribution in [1.82, 2.24) is 15.1 Å². The Morgan fingerprint density at radius 1 is 0.969 bits per heavy atom. The van der Waals surface area contributed by atoms with Crippen LogP contribution in [0.1, 0.15) is 121 Å². The third-order valence-electron chi connectivity index (χ3n) is 15.7. The number of amides is 1. The van der Waals surface area contributed by atoms with Gasteiger partial charge in [-0.3, -0.25) is 9.59 Å². The molecular weight excluding hydrogens is 827 g/mol. The molecule has 4 heterocycles. The summed E-state index contributed by atoms with van der Waals surface area (Å²) in [7, 11) is 7.61. The lowest BCUT2D eigenvalue weighted by atomic mass is 9.77. The molecule has 0 bridgehead atoms. The molecule has 1 aliphatic carbocycles. The monoisotopic (exact) mass is 914 g/mol. The molecule has 5 rings (SSSR count). The largest absolute Gasteiger partial charge is 0.459 e. The van der Waals surface area contributed by atoms with Crippen LogP contribution in [0.3, 0.4) is 0 Å². The Morgan fingerprint density at radius 3 is 2.27 bits per heavy atom. The minimum atomic E-state index is -1.50. The second kappa shape index (κ2) is 21.8. The average Bonchev–Trinajstić information content (AvgIpc) is 3.95. The number of fused-ring (bicyclic) bond motifs is 1. The topological polar surface area (TPSA) is 187 Å². The van der Waals surface area contributed by atoms with Gasteiger partial charge in [0.15, 0.2) is 12.6 Å². The molecule has 0 spiro atoms. The maximum atomic E-state index is 14.6. The molecule has 0 aromatic heterocycles. The minimum absolute atomic E-state index is 0.0290. The number of nitrogens with one attached hydrogen (secondary N) is 1. The van der Waals surface area contributed by atoms with Crippen molar-refractivity contribution in [1.29, 1.82) is 0 Å². The lowest BCUT2D eigenvalue weighted by Crippen LogP contribution is -2.61. The fourth-order valence-electron chi connectivity index (χ4n) is 11.4. The maximum Gasteiger partial charge on any atom is 0.311 e. The van der Waals surface area contributed by atoms with E-state index in [9.17, 15) is 24.9 Å². The van der Waals surface area contributed by atoms with Crippen LogP contribution >= 0.6 is 0 Å². The van der Waals surface area contributed by atoms with E-state index in [0.717, 1.165) is 19.3 Å². The molecular formula is C48H87N3O13. The van der Waals surface area contributed by atoms with Gasteiger partial charge in [0.1, 0.15) is 23.9 Å². The number of cyclic esters (lactones) is 1. The number of carbonyl (C=O) groups is 2. The highest BCUT2D eigenvalue weighted by molar-refractivity contribution is 5.78. The zero-order valence-corrected chi connectivity index (χ0v) is 41.7. The number of hydrogen-bond donors (Lipinski definition) is 4. The van der Waals surface area contributed by atoms with Crippen molar-refractivity contribution in [2.75, 3.05) is 61.2 Å². The van der Waals surface area contributed by atoms with Crippen molar-refractivity contribution in [2.45, 2.75) is 204 Å². The standard InChI is InChI=1S/C48H87N3O13/c1-15-36-48(10,56)35-25-45(35,7)51(13)27-28(2)24-46(8,55)41(30(4)38(31(5)43(54)62-36)63-37-26-47(9,57-14)40(52)32(6)61-37)64-44-39(34(50(11)12)23-29(3)60-44)59-20-16-19-49-42(53)33-17-21-58-22-18-33/h28-41,44,52,55-56H,15-27H2,1-14H3,(H,49,53). The van der Waals surface area contributed by atoms with E-state index in [-0.39, 0.29) is 47.8 Å². The highest BCUT2D eigenvalue weighted by Gasteiger charge is 2.64. The summed E-state index contributed by atoms with van der Waals surface area (Å²) in [6.45, 7) is 21.6. The van der Waals surface area contributed by atoms with Gasteiger partial charge in [0.05, 0.1) is 41.5 Å². The van der Waals surface area contributed by atoms with Gasteiger partial charge >= 0.3 is 5.97 Å². The summed E-state index contributed by atoms with van der Waals surface area (Å²) in [5.74, 6) is -2.36. The van der Waals surface area contributed by atoms with Crippen LogP contribution in [0.2, 0.25) is 0 Å². The predicted molar refractivity (Wildman–Crippen MR) is 240 cm³/mol. The first-order chi connectivity index (χ1) is 29.9. The van der Waals surface area contributed by atoms with Crippen LogP contribution in [0.4, 0.5) is 0 Å². The van der Waals surface area contributed by atoms with E-state index >= 15 is 0 Å². The number of hydrogen-bond acceptors (Lipinski definition) is 15. The molecule has 1 saturated carbocycles. The molecule has 0 aromatic rings. The number of aliphatic hydroxyl groups excluding tert-OH is 1. The Hall–Kier alpha value is -1.54. The molecule has 5 fully saturated rings. The van der Waals surface area contributed by atoms with Gasteiger partial charge in [-0.2, -0.15) is 0 Å². The Balaban J connectivity index is 1.50. The van der Waals surface area contributed by atoms with Crippen molar-refractivity contribution in [3.63, 3.8) is 0 Å². The number of ether oxygens (including phenoxy) is 8. The van der Waals surface area contributed by atoms with E-state index in [0.29, 0.717) is 58.6 Å². The Labute approximate surface area is 384 Å². The highest BCUT2D eigenvalue weighted by Crippen LogP contribution is 2.55. The Bertz CT molecular complexity index is 1510. The molecule has 64 heavy (non-hydrogen) atoms. The smallest absolute Gasteiger partial charge is 0.311 e. The summed E-state index contributed by atoms with van der Waals surface area (Å²) in [5.41, 5.74) is -4.16. The number of methoxy groups -OCH3 is 1. The lowest BCUT2D eigenvalue weighted by Gasteiger charge is -2.49. The zero-order valence-electron chi connectivity index (χ0n) is 41.7. The molecule has 4 N–H and O–H groups in total. The van der Waals surface area contributed by atoms with E-state index in [4.69, 9.17) is 37.9 Å². The van der Waals surface area contributed by atoms with Crippen LogP contribution in [0.5, 0.6) is 0 Å². The first-order valence-electron chi connectivity index (χ1n) is 24.2. The molecule has 18 unspecified atom stereocenters. The van der Waals surface area contributed by atoms with E-state index in [1.165, 1.54) is 0 Å². The molecule has 372 valence electrons. The van der Waals surface area contributed by atoms with E-state index < -0.39 is 83.8 Å². The van der Waals surface area contributed by atoms with E-state index in [1.807, 2.05) is 41.8 Å². The van der Waals surface area contributed by atoms with Gasteiger partial charge in [-0.1, -0.05) is 20.8 Å². The molecule has 4 saturated heterocycles. The summed E-state index contributed by atoms with van der Waals surface area (Å²) < 4.78 is 51.3. The highest BCUT2D eigenvalue weighted by atomic mass is 16.7. The fourth-order valence-corrected chi connectivity index (χ4v) is 11.4. The third-order valence-corrected chi connectivity index (χ3v) is 15.7. The van der Waals surface area contributed by atoms with Gasteiger partial charge in [0.25, 0.3) is 0 Å². The summed E-state index contributed by atoms with van der Waals surface area (Å²) in [6.07, 6.45) is -2.63. The molecule has 16 nitrogen and oxygen atoms in total. The van der Waals surface area contributed by atoms with Crippen molar-refractivity contribution in [3.8, 4) is 0 Å². The number of carbonyl (C=O) groups excluding carboxylic acids is 2. The van der Waals surface area contributed by atoms with Crippen LogP contribution in [0, 0.1) is 29.6 Å². The molecule has 1 amide bonds. The zero-order chi connectivity index (χ0) is 47.5. The summed E-state index contributed by atoms with van der Waals surface area (Å²) >= 11 is 0. The lowest BCUT2D eigenvalue weighted by molar-refractivity contribution is -0.321. The van der Waals surface area contributed by atoms with Gasteiger partial charge in [-0.05, 0) is 120 Å². The van der Waals surface area contributed by atoms with Crippen LogP contribution in [0.25, 0.3) is 0 Å².